The van der Waals surface area contributed by atoms with Crippen LogP contribution in [0.5, 0.6) is 0 Å². The smallest absolute Gasteiger partial charge is 0.407 e. The number of cyclic esters (lactones) is 1. The average Bonchev–Trinajstić information content (AvgIpc) is 3.33. The average molecular weight is 413 g/mol. The minimum atomic E-state index is -3.79. The normalized spacial score (nSPS) is 16.5. The van der Waals surface area contributed by atoms with Gasteiger partial charge in [-0.15, -0.1) is 0 Å². The first-order valence-corrected chi connectivity index (χ1v) is 10.4. The number of hydrogen-bond acceptors (Lipinski definition) is 5. The molecule has 0 radical (unpaired) electrons. The van der Waals surface area contributed by atoms with Crippen molar-refractivity contribution < 1.29 is 22.7 Å². The van der Waals surface area contributed by atoms with Crippen LogP contribution in [0.4, 0.5) is 10.5 Å². The van der Waals surface area contributed by atoms with Gasteiger partial charge in [-0.2, -0.15) is 0 Å². The van der Waals surface area contributed by atoms with Crippen molar-refractivity contribution in [2.75, 3.05) is 18.6 Å². The SMILES string of the molecule is Cc1ccc(S(=O)(=O)n2ccc3ccc(N(C)C(=O)C4COC(=O)N4)cc32)cc1. The molecule has 1 N–H and O–H groups in total. The molecule has 4 rings (SSSR count). The quantitative estimate of drug-likeness (QED) is 0.708. The Morgan fingerprint density at radius 1 is 1.17 bits per heavy atom. The number of aromatic nitrogens is 1. The van der Waals surface area contributed by atoms with Gasteiger partial charge in [0.1, 0.15) is 12.6 Å². The van der Waals surface area contributed by atoms with E-state index in [1.165, 1.54) is 15.1 Å². The first-order valence-electron chi connectivity index (χ1n) is 8.91. The van der Waals surface area contributed by atoms with Crippen molar-refractivity contribution in [3.8, 4) is 0 Å². The predicted molar refractivity (Wildman–Crippen MR) is 107 cm³/mol. The van der Waals surface area contributed by atoms with Gasteiger partial charge in [0.2, 0.25) is 0 Å². The van der Waals surface area contributed by atoms with E-state index in [2.05, 4.69) is 5.32 Å². The molecule has 0 saturated carbocycles. The highest BCUT2D eigenvalue weighted by Crippen LogP contribution is 2.27. The highest BCUT2D eigenvalue weighted by molar-refractivity contribution is 7.90. The zero-order chi connectivity index (χ0) is 20.8. The number of carbonyl (C=O) groups is 2. The molecule has 1 aliphatic rings. The molecule has 0 spiro atoms. The topological polar surface area (TPSA) is 97.7 Å². The van der Waals surface area contributed by atoms with Crippen molar-refractivity contribution in [2.24, 2.45) is 0 Å². The van der Waals surface area contributed by atoms with Crippen molar-refractivity contribution in [2.45, 2.75) is 17.9 Å². The molecule has 0 bridgehead atoms. The maximum absolute atomic E-state index is 13.1. The van der Waals surface area contributed by atoms with E-state index in [1.807, 2.05) is 6.92 Å². The fraction of sp³-hybridized carbons (Fsp3) is 0.200. The van der Waals surface area contributed by atoms with Crippen molar-refractivity contribution in [1.29, 1.82) is 0 Å². The van der Waals surface area contributed by atoms with Gasteiger partial charge in [0, 0.05) is 24.3 Å². The van der Waals surface area contributed by atoms with E-state index in [0.29, 0.717) is 11.2 Å². The van der Waals surface area contributed by atoms with Gasteiger partial charge in [-0.05, 0) is 37.3 Å². The van der Waals surface area contributed by atoms with Crippen LogP contribution in [-0.4, -0.2) is 44.1 Å². The van der Waals surface area contributed by atoms with Gasteiger partial charge >= 0.3 is 6.09 Å². The lowest BCUT2D eigenvalue weighted by Gasteiger charge is -2.20. The molecule has 1 unspecified atom stereocenters. The van der Waals surface area contributed by atoms with E-state index in [9.17, 15) is 18.0 Å². The second-order valence-corrected chi connectivity index (χ2v) is 8.68. The Morgan fingerprint density at radius 3 is 2.55 bits per heavy atom. The molecule has 8 nitrogen and oxygen atoms in total. The number of nitrogens with zero attached hydrogens (tertiary/aromatic N) is 2. The van der Waals surface area contributed by atoms with E-state index in [0.717, 1.165) is 10.9 Å². The number of amides is 2. The van der Waals surface area contributed by atoms with Crippen LogP contribution in [0, 0.1) is 6.92 Å². The first-order chi connectivity index (χ1) is 13.8. The lowest BCUT2D eigenvalue weighted by Crippen LogP contribution is -2.44. The predicted octanol–water partition coefficient (Wildman–Crippen LogP) is 2.26. The second kappa shape index (κ2) is 6.93. The summed E-state index contributed by atoms with van der Waals surface area (Å²) in [4.78, 5) is 25.4. The molecule has 1 aliphatic heterocycles. The van der Waals surface area contributed by atoms with Crippen LogP contribution >= 0.6 is 0 Å². The highest BCUT2D eigenvalue weighted by Gasteiger charge is 2.31. The van der Waals surface area contributed by atoms with Crippen molar-refractivity contribution in [3.05, 3.63) is 60.3 Å². The Labute approximate surface area is 167 Å². The molecule has 1 atom stereocenters. The summed E-state index contributed by atoms with van der Waals surface area (Å²) in [5.41, 5.74) is 1.92. The van der Waals surface area contributed by atoms with E-state index >= 15 is 0 Å². The Bertz CT molecular complexity index is 1210. The molecule has 1 fully saturated rings. The maximum Gasteiger partial charge on any atom is 0.407 e. The molecule has 2 amide bonds. The number of ether oxygens (including phenoxy) is 1. The van der Waals surface area contributed by atoms with Gasteiger partial charge in [-0.3, -0.25) is 4.79 Å². The molecule has 1 aromatic heterocycles. The number of nitrogens with one attached hydrogen (secondary N) is 1. The number of anilines is 1. The third kappa shape index (κ3) is 3.33. The Hall–Kier alpha value is -3.33. The zero-order valence-electron chi connectivity index (χ0n) is 15.8. The number of benzene rings is 2. The summed E-state index contributed by atoms with van der Waals surface area (Å²) in [7, 11) is -2.22. The molecular formula is C20H19N3O5S. The molecule has 1 saturated heterocycles. The number of fused-ring (bicyclic) bond motifs is 1. The molecule has 29 heavy (non-hydrogen) atoms. The maximum atomic E-state index is 13.1. The summed E-state index contributed by atoms with van der Waals surface area (Å²) < 4.78 is 32.2. The number of carbonyl (C=O) groups excluding carboxylic acids is 2. The number of hydrogen-bond donors (Lipinski definition) is 1. The monoisotopic (exact) mass is 413 g/mol. The lowest BCUT2D eigenvalue weighted by atomic mass is 10.2. The summed E-state index contributed by atoms with van der Waals surface area (Å²) in [6, 6.07) is 12.7. The number of rotatable bonds is 4. The van der Waals surface area contributed by atoms with Gasteiger partial charge < -0.3 is 15.0 Å². The minimum Gasteiger partial charge on any atom is -0.447 e. The minimum absolute atomic E-state index is 0.0393. The van der Waals surface area contributed by atoms with Crippen molar-refractivity contribution in [1.82, 2.24) is 9.29 Å². The van der Waals surface area contributed by atoms with Crippen LogP contribution in [0.1, 0.15) is 5.56 Å². The van der Waals surface area contributed by atoms with Crippen LogP contribution in [0.15, 0.2) is 59.6 Å². The summed E-state index contributed by atoms with van der Waals surface area (Å²) in [5, 5.41) is 3.17. The second-order valence-electron chi connectivity index (χ2n) is 6.87. The van der Waals surface area contributed by atoms with Crippen LogP contribution < -0.4 is 10.2 Å². The molecule has 9 heteroatoms. The molecule has 150 valence electrons. The summed E-state index contributed by atoms with van der Waals surface area (Å²) in [6.07, 6.45) is 0.863. The molecule has 3 aromatic rings. The lowest BCUT2D eigenvalue weighted by molar-refractivity contribution is -0.120. The Balaban J connectivity index is 1.72. The van der Waals surface area contributed by atoms with Gasteiger partial charge in [0.15, 0.2) is 0 Å². The number of likely N-dealkylation sites (N-methyl/N-ethyl adjacent to an activating group) is 1. The molecular weight excluding hydrogens is 394 g/mol. The fourth-order valence-electron chi connectivity index (χ4n) is 3.21. The van der Waals surface area contributed by atoms with E-state index in [-0.39, 0.29) is 17.4 Å². The van der Waals surface area contributed by atoms with E-state index < -0.39 is 22.2 Å². The van der Waals surface area contributed by atoms with Crippen LogP contribution in [-0.2, 0) is 19.6 Å². The van der Waals surface area contributed by atoms with Crippen LogP contribution in [0.3, 0.4) is 0 Å². The fourth-order valence-corrected chi connectivity index (χ4v) is 4.56. The zero-order valence-corrected chi connectivity index (χ0v) is 16.6. The van der Waals surface area contributed by atoms with Gasteiger partial charge in [0.25, 0.3) is 15.9 Å². The number of aryl methyl sites for hydroxylation is 1. The van der Waals surface area contributed by atoms with Crippen molar-refractivity contribution in [3.63, 3.8) is 0 Å². The molecule has 2 aromatic carbocycles. The molecule has 0 aliphatic carbocycles. The van der Waals surface area contributed by atoms with Crippen molar-refractivity contribution >= 4 is 38.6 Å². The summed E-state index contributed by atoms with van der Waals surface area (Å²) in [5.74, 6) is -0.352. The van der Waals surface area contributed by atoms with Gasteiger partial charge in [-0.1, -0.05) is 23.8 Å². The Kier molecular flexibility index (Phi) is 4.54. The Morgan fingerprint density at radius 2 is 1.90 bits per heavy atom. The van der Waals surface area contributed by atoms with Crippen LogP contribution in [0.2, 0.25) is 0 Å². The third-order valence-electron chi connectivity index (χ3n) is 4.91. The highest BCUT2D eigenvalue weighted by atomic mass is 32.2. The first kappa shape index (κ1) is 19.0. The van der Waals surface area contributed by atoms with Gasteiger partial charge in [0.05, 0.1) is 10.4 Å². The summed E-state index contributed by atoms with van der Waals surface area (Å²) >= 11 is 0. The largest absolute Gasteiger partial charge is 0.447 e. The molecule has 2 heterocycles. The summed E-state index contributed by atoms with van der Waals surface area (Å²) in [6.45, 7) is 1.85. The number of alkyl carbamates (subject to hydrolysis) is 1. The van der Waals surface area contributed by atoms with E-state index in [4.69, 9.17) is 4.74 Å². The van der Waals surface area contributed by atoms with Crippen LogP contribution in [0.25, 0.3) is 10.9 Å². The van der Waals surface area contributed by atoms with Gasteiger partial charge in [-0.25, -0.2) is 17.2 Å². The van der Waals surface area contributed by atoms with E-state index in [1.54, 1.807) is 55.6 Å². The standard InChI is InChI=1S/C20H19N3O5S/c1-13-3-7-16(8-4-13)29(26,27)23-10-9-14-5-6-15(11-18(14)23)22(2)19(24)17-12-28-20(25)21-17/h3-11,17H,12H2,1-2H3,(H,21,25). The third-order valence-corrected chi connectivity index (χ3v) is 6.61.